The minimum Gasteiger partial charge on any atom is -0.347 e. The molecule has 0 saturated carbocycles. The first-order valence-electron chi connectivity index (χ1n) is 4.71. The van der Waals surface area contributed by atoms with Gasteiger partial charge in [-0.2, -0.15) is 0 Å². The maximum absolute atomic E-state index is 5.08. The van der Waals surface area contributed by atoms with Crippen LogP contribution in [0.2, 0.25) is 0 Å². The average molecular weight is 196 g/mol. The van der Waals surface area contributed by atoms with Crippen molar-refractivity contribution >= 4 is 12.2 Å². The van der Waals surface area contributed by atoms with Crippen molar-refractivity contribution in [1.82, 2.24) is 9.97 Å². The first kappa shape index (κ1) is 10.4. The van der Waals surface area contributed by atoms with Crippen LogP contribution in [0.15, 0.2) is 6.07 Å². The topological polar surface area (TPSA) is 28.7 Å². The fourth-order valence-electron chi connectivity index (χ4n) is 1.28. The van der Waals surface area contributed by atoms with Crippen LogP contribution in [0.25, 0.3) is 0 Å². The Hall–Kier alpha value is -0.700. The van der Waals surface area contributed by atoms with Crippen LogP contribution < -0.4 is 0 Å². The fraction of sp³-hybridized carbons (Fsp3) is 0.600. The van der Waals surface area contributed by atoms with Crippen LogP contribution in [0.5, 0.6) is 0 Å². The summed E-state index contributed by atoms with van der Waals surface area (Å²) in [4.78, 5) is 7.51. The van der Waals surface area contributed by atoms with E-state index >= 15 is 0 Å². The molecule has 0 saturated heterocycles. The number of aromatic amines is 1. The van der Waals surface area contributed by atoms with Gasteiger partial charge in [0, 0.05) is 12.1 Å². The smallest absolute Gasteiger partial charge is 0.129 e. The highest BCUT2D eigenvalue weighted by molar-refractivity contribution is 7.71. The minimum absolute atomic E-state index is 0.651. The average Bonchev–Trinajstić information content (AvgIpc) is 2.01. The summed E-state index contributed by atoms with van der Waals surface area (Å²) in [5, 5.41) is 0. The Morgan fingerprint density at radius 2 is 2.23 bits per heavy atom. The summed E-state index contributed by atoms with van der Waals surface area (Å²) in [5.74, 6) is 1.64. The second-order valence-electron chi connectivity index (χ2n) is 3.64. The van der Waals surface area contributed by atoms with Crippen LogP contribution in [0, 0.1) is 10.6 Å². The first-order valence-corrected chi connectivity index (χ1v) is 5.11. The van der Waals surface area contributed by atoms with Crippen LogP contribution in [0.4, 0.5) is 0 Å². The normalized spacial score (nSPS) is 10.8. The summed E-state index contributed by atoms with van der Waals surface area (Å²) in [6, 6.07) is 1.95. The molecule has 1 heterocycles. The number of aryl methyl sites for hydroxylation is 1. The maximum atomic E-state index is 5.08. The number of H-pyrrole nitrogens is 1. The van der Waals surface area contributed by atoms with E-state index in [0.29, 0.717) is 10.6 Å². The lowest BCUT2D eigenvalue weighted by molar-refractivity contribution is 0.630. The molecule has 1 rings (SSSR count). The van der Waals surface area contributed by atoms with E-state index in [0.717, 1.165) is 18.7 Å². The molecule has 1 aromatic heterocycles. The quantitative estimate of drug-likeness (QED) is 0.753. The van der Waals surface area contributed by atoms with Crippen LogP contribution in [-0.4, -0.2) is 9.97 Å². The lowest BCUT2D eigenvalue weighted by Gasteiger charge is -2.06. The summed E-state index contributed by atoms with van der Waals surface area (Å²) >= 11 is 5.08. The zero-order chi connectivity index (χ0) is 9.84. The second kappa shape index (κ2) is 4.51. The van der Waals surface area contributed by atoms with Gasteiger partial charge in [-0.3, -0.25) is 0 Å². The van der Waals surface area contributed by atoms with Crippen molar-refractivity contribution < 1.29 is 0 Å². The molecule has 0 aliphatic carbocycles. The summed E-state index contributed by atoms with van der Waals surface area (Å²) < 4.78 is 0.700. The minimum atomic E-state index is 0.651. The molecule has 3 heteroatoms. The molecule has 0 atom stereocenters. The number of nitrogens with zero attached hydrogens (tertiary/aromatic N) is 1. The third-order valence-electron chi connectivity index (χ3n) is 1.81. The molecular formula is C10H16N2S. The second-order valence-corrected chi connectivity index (χ2v) is 4.06. The zero-order valence-corrected chi connectivity index (χ0v) is 9.24. The molecule has 0 amide bonds. The molecule has 13 heavy (non-hydrogen) atoms. The lowest BCUT2D eigenvalue weighted by atomic mass is 10.1. The van der Waals surface area contributed by atoms with Gasteiger partial charge in [-0.1, -0.05) is 33.0 Å². The van der Waals surface area contributed by atoms with E-state index in [-0.39, 0.29) is 0 Å². The summed E-state index contributed by atoms with van der Waals surface area (Å²) in [6.07, 6.45) is 1.95. The van der Waals surface area contributed by atoms with E-state index in [1.54, 1.807) is 0 Å². The van der Waals surface area contributed by atoms with Crippen molar-refractivity contribution in [3.8, 4) is 0 Å². The maximum Gasteiger partial charge on any atom is 0.129 e. The van der Waals surface area contributed by atoms with Gasteiger partial charge in [0.15, 0.2) is 0 Å². The van der Waals surface area contributed by atoms with Gasteiger partial charge in [-0.25, -0.2) is 4.98 Å². The van der Waals surface area contributed by atoms with Gasteiger partial charge >= 0.3 is 0 Å². The van der Waals surface area contributed by atoms with Crippen molar-refractivity contribution in [3.63, 3.8) is 0 Å². The van der Waals surface area contributed by atoms with Gasteiger partial charge < -0.3 is 4.98 Å². The summed E-state index contributed by atoms with van der Waals surface area (Å²) in [6.45, 7) is 6.47. The SMILES string of the molecule is CCc1nc(=S)cc(CC(C)C)[nH]1. The number of nitrogens with one attached hydrogen (secondary N) is 1. The van der Waals surface area contributed by atoms with E-state index in [4.69, 9.17) is 12.2 Å². The van der Waals surface area contributed by atoms with E-state index in [2.05, 4.69) is 30.7 Å². The molecule has 0 radical (unpaired) electrons. The molecule has 0 fully saturated rings. The van der Waals surface area contributed by atoms with Gasteiger partial charge in [-0.15, -0.1) is 0 Å². The number of hydrogen-bond donors (Lipinski definition) is 1. The molecular weight excluding hydrogens is 180 g/mol. The Morgan fingerprint density at radius 1 is 1.54 bits per heavy atom. The van der Waals surface area contributed by atoms with E-state index < -0.39 is 0 Å². The molecule has 72 valence electrons. The van der Waals surface area contributed by atoms with Crippen molar-refractivity contribution in [1.29, 1.82) is 0 Å². The Morgan fingerprint density at radius 3 is 2.77 bits per heavy atom. The highest BCUT2D eigenvalue weighted by Gasteiger charge is 2.00. The van der Waals surface area contributed by atoms with Crippen molar-refractivity contribution in [2.24, 2.45) is 5.92 Å². The number of aromatic nitrogens is 2. The predicted octanol–water partition coefficient (Wildman–Crippen LogP) is 2.90. The Balaban J connectivity index is 2.95. The molecule has 0 aliphatic rings. The van der Waals surface area contributed by atoms with Gasteiger partial charge in [0.2, 0.25) is 0 Å². The van der Waals surface area contributed by atoms with Crippen LogP contribution >= 0.6 is 12.2 Å². The third-order valence-corrected chi connectivity index (χ3v) is 2.02. The van der Waals surface area contributed by atoms with Crippen LogP contribution in [-0.2, 0) is 12.8 Å². The van der Waals surface area contributed by atoms with Gasteiger partial charge in [0.05, 0.1) is 0 Å². The molecule has 0 unspecified atom stereocenters. The van der Waals surface area contributed by atoms with E-state index in [1.807, 2.05) is 6.07 Å². The van der Waals surface area contributed by atoms with Gasteiger partial charge in [0.1, 0.15) is 10.5 Å². The summed E-state index contributed by atoms with van der Waals surface area (Å²) in [5.41, 5.74) is 1.20. The largest absolute Gasteiger partial charge is 0.347 e. The Bertz CT molecular complexity index is 328. The molecule has 0 aliphatic heterocycles. The van der Waals surface area contributed by atoms with Crippen molar-refractivity contribution in [2.75, 3.05) is 0 Å². The van der Waals surface area contributed by atoms with E-state index in [1.165, 1.54) is 5.69 Å². The van der Waals surface area contributed by atoms with Gasteiger partial charge in [0.25, 0.3) is 0 Å². The Labute approximate surface area is 84.4 Å². The standard InChI is InChI=1S/C10H16N2S/c1-4-9-11-8(5-7(2)3)6-10(13)12-9/h6-7H,4-5H2,1-3H3,(H,11,12,13). The third kappa shape index (κ3) is 3.27. The molecule has 2 nitrogen and oxygen atoms in total. The predicted molar refractivity (Wildman–Crippen MR) is 57.3 cm³/mol. The van der Waals surface area contributed by atoms with Crippen LogP contribution in [0.3, 0.4) is 0 Å². The Kier molecular flexibility index (Phi) is 3.60. The molecule has 0 bridgehead atoms. The highest BCUT2D eigenvalue weighted by Crippen LogP contribution is 2.05. The fourth-order valence-corrected chi connectivity index (χ4v) is 1.53. The molecule has 1 aromatic rings. The van der Waals surface area contributed by atoms with Crippen molar-refractivity contribution in [3.05, 3.63) is 22.2 Å². The van der Waals surface area contributed by atoms with E-state index in [9.17, 15) is 0 Å². The number of rotatable bonds is 3. The highest BCUT2D eigenvalue weighted by atomic mass is 32.1. The molecule has 1 N–H and O–H groups in total. The summed E-state index contributed by atoms with van der Waals surface area (Å²) in [7, 11) is 0. The van der Waals surface area contributed by atoms with Crippen molar-refractivity contribution in [2.45, 2.75) is 33.6 Å². The zero-order valence-electron chi connectivity index (χ0n) is 8.42. The monoisotopic (exact) mass is 196 g/mol. The lowest BCUT2D eigenvalue weighted by Crippen LogP contribution is -2.02. The number of hydrogen-bond acceptors (Lipinski definition) is 2. The molecule has 0 aromatic carbocycles. The molecule has 0 spiro atoms. The van der Waals surface area contributed by atoms with Gasteiger partial charge in [-0.05, 0) is 18.4 Å². The first-order chi connectivity index (χ1) is 6.11. The van der Waals surface area contributed by atoms with Crippen LogP contribution in [0.1, 0.15) is 32.3 Å².